The van der Waals surface area contributed by atoms with Gasteiger partial charge in [0.1, 0.15) is 0 Å². The lowest BCUT2D eigenvalue weighted by Crippen LogP contribution is -1.85. The molecule has 25 heavy (non-hydrogen) atoms. The minimum atomic E-state index is 0.605. The van der Waals surface area contributed by atoms with Crippen molar-refractivity contribution in [1.82, 2.24) is 0 Å². The Bertz CT molecular complexity index is 598. The number of hydrogen-bond acceptors (Lipinski definition) is 0. The van der Waals surface area contributed by atoms with Gasteiger partial charge < -0.3 is 0 Å². The molecule has 1 aromatic carbocycles. The van der Waals surface area contributed by atoms with E-state index >= 15 is 0 Å². The Hall–Kier alpha value is -2.26. The van der Waals surface area contributed by atoms with Gasteiger partial charge in [0.05, 0.1) is 0 Å². The van der Waals surface area contributed by atoms with Crippen LogP contribution in [0.3, 0.4) is 0 Å². The van der Waals surface area contributed by atoms with Gasteiger partial charge in [-0.2, -0.15) is 0 Å². The highest BCUT2D eigenvalue weighted by molar-refractivity contribution is 5.65. The first-order valence-electron chi connectivity index (χ1n) is 9.24. The van der Waals surface area contributed by atoms with Gasteiger partial charge >= 0.3 is 0 Å². The lowest BCUT2D eigenvalue weighted by atomic mass is 10.00. The zero-order chi connectivity index (χ0) is 18.9. The van der Waals surface area contributed by atoms with Crippen molar-refractivity contribution in [3.8, 4) is 11.8 Å². The van der Waals surface area contributed by atoms with Gasteiger partial charge in [0, 0.05) is 0 Å². The molecule has 0 bridgehead atoms. The minimum Gasteiger partial charge on any atom is -0.0952 e. The predicted molar refractivity (Wildman–Crippen MR) is 116 cm³/mol. The molecule has 0 aliphatic rings. The summed E-state index contributed by atoms with van der Waals surface area (Å²) in [6.07, 6.45) is 14.6. The van der Waals surface area contributed by atoms with Gasteiger partial charge in [-0.25, -0.2) is 0 Å². The molecule has 1 rings (SSSR count). The molecule has 1 aromatic rings. The average molecular weight is 335 g/mol. The fourth-order valence-electron chi connectivity index (χ4n) is 2.06. The van der Waals surface area contributed by atoms with Crippen molar-refractivity contribution < 1.29 is 0 Å². The molecule has 0 saturated heterocycles. The molecule has 0 nitrogen and oxygen atoms in total. The van der Waals surface area contributed by atoms with Crippen molar-refractivity contribution in [3.05, 3.63) is 72.9 Å². The first-order valence-corrected chi connectivity index (χ1v) is 9.24. The van der Waals surface area contributed by atoms with E-state index < -0.39 is 0 Å². The Kier molecular flexibility index (Phi) is 13.9. The van der Waals surface area contributed by atoms with Gasteiger partial charge in [-0.3, -0.25) is 0 Å². The van der Waals surface area contributed by atoms with Crippen LogP contribution in [-0.4, -0.2) is 0 Å². The summed E-state index contributed by atoms with van der Waals surface area (Å²) in [6, 6.07) is 8.74. The highest BCUT2D eigenvalue weighted by Gasteiger charge is 1.98. The van der Waals surface area contributed by atoms with Crippen molar-refractivity contribution in [2.45, 2.75) is 53.4 Å². The van der Waals surface area contributed by atoms with E-state index in [4.69, 9.17) is 0 Å². The fourth-order valence-corrected chi connectivity index (χ4v) is 2.06. The van der Waals surface area contributed by atoms with Crippen molar-refractivity contribution in [1.29, 1.82) is 0 Å². The molecule has 0 amide bonds. The molecule has 0 spiro atoms. The Morgan fingerprint density at radius 1 is 1.12 bits per heavy atom. The molecular formula is C25H34. The summed E-state index contributed by atoms with van der Waals surface area (Å²) in [5, 5.41) is 0. The Morgan fingerprint density at radius 3 is 2.32 bits per heavy atom. The first-order chi connectivity index (χ1) is 12.0. The third kappa shape index (κ3) is 12.8. The van der Waals surface area contributed by atoms with E-state index in [0.29, 0.717) is 5.92 Å². The van der Waals surface area contributed by atoms with E-state index in [2.05, 4.69) is 82.2 Å². The molecule has 0 aliphatic heterocycles. The topological polar surface area (TPSA) is 0 Å². The van der Waals surface area contributed by atoms with Crippen LogP contribution in [0.1, 0.15) is 64.5 Å². The number of unbranched alkanes of at least 4 members (excludes halogenated alkanes) is 2. The maximum absolute atomic E-state index is 4.18. The summed E-state index contributed by atoms with van der Waals surface area (Å²) in [5.41, 5.74) is 3.82. The minimum absolute atomic E-state index is 0.605. The lowest BCUT2D eigenvalue weighted by Gasteiger charge is -2.06. The fraction of sp³-hybridized carbons (Fsp3) is 0.360. The zero-order valence-electron chi connectivity index (χ0n) is 16.5. The number of rotatable bonds is 7. The lowest BCUT2D eigenvalue weighted by molar-refractivity contribution is 0.736. The van der Waals surface area contributed by atoms with E-state index in [1.165, 1.54) is 36.0 Å². The number of benzene rings is 1. The standard InChI is InChI=1S/C18H26.C7H8/c1-5-6-7-8-16(4)18-13-11-17(12-14-18)10-9-15(2)3;1-3-5-7-6-4-2/h9-15H,4-8H2,1-3H3;3-4,6H,1H2,2H3/b10-9+;6-4-. The summed E-state index contributed by atoms with van der Waals surface area (Å²) in [6.45, 7) is 16.2. The number of hydrogen-bond donors (Lipinski definition) is 0. The van der Waals surface area contributed by atoms with Crippen LogP contribution in [-0.2, 0) is 0 Å². The SMILES string of the molecule is C=C(CCCCC)c1ccc(/C=C/C(C)C)cc1.C=CC#C/C=C\C. The Labute approximate surface area is 156 Å². The highest BCUT2D eigenvalue weighted by Crippen LogP contribution is 2.20. The van der Waals surface area contributed by atoms with Crippen molar-refractivity contribution in [2.75, 3.05) is 0 Å². The van der Waals surface area contributed by atoms with E-state index in [-0.39, 0.29) is 0 Å². The van der Waals surface area contributed by atoms with Gasteiger partial charge in [-0.05, 0) is 54.5 Å². The van der Waals surface area contributed by atoms with Crippen molar-refractivity contribution in [3.63, 3.8) is 0 Å². The summed E-state index contributed by atoms with van der Waals surface area (Å²) < 4.78 is 0. The van der Waals surface area contributed by atoms with Gasteiger partial charge in [0.15, 0.2) is 0 Å². The molecule has 134 valence electrons. The van der Waals surface area contributed by atoms with Crippen LogP contribution < -0.4 is 0 Å². The maximum Gasteiger partial charge on any atom is -0.0158 e. The molecule has 0 aromatic heterocycles. The van der Waals surface area contributed by atoms with Gasteiger partial charge in [0.2, 0.25) is 0 Å². The van der Waals surface area contributed by atoms with Gasteiger partial charge in [-0.1, -0.05) is 101 Å². The molecule has 0 saturated carbocycles. The van der Waals surface area contributed by atoms with Crippen LogP contribution in [0.25, 0.3) is 11.6 Å². The zero-order valence-corrected chi connectivity index (χ0v) is 16.5. The second-order valence-electron chi connectivity index (χ2n) is 6.28. The van der Waals surface area contributed by atoms with Crippen molar-refractivity contribution in [2.24, 2.45) is 5.92 Å². The molecule has 0 heteroatoms. The van der Waals surface area contributed by atoms with Crippen LogP contribution >= 0.6 is 0 Å². The van der Waals surface area contributed by atoms with Gasteiger partial charge in [-0.15, -0.1) is 0 Å². The Morgan fingerprint density at radius 2 is 1.80 bits per heavy atom. The van der Waals surface area contributed by atoms with Crippen molar-refractivity contribution >= 4 is 11.6 Å². The first kappa shape index (κ1) is 22.7. The smallest absolute Gasteiger partial charge is 0.0158 e. The summed E-state index contributed by atoms with van der Waals surface area (Å²) in [4.78, 5) is 0. The second kappa shape index (κ2) is 15.3. The predicted octanol–water partition coefficient (Wildman–Crippen LogP) is 7.70. The van der Waals surface area contributed by atoms with Crippen LogP contribution in [0, 0.1) is 17.8 Å². The van der Waals surface area contributed by atoms with Crippen LogP contribution in [0.15, 0.2) is 61.7 Å². The highest BCUT2D eigenvalue weighted by atomic mass is 14.0. The molecule has 0 unspecified atom stereocenters. The van der Waals surface area contributed by atoms with Crippen LogP contribution in [0.5, 0.6) is 0 Å². The Balaban J connectivity index is 0.000000697. The van der Waals surface area contributed by atoms with E-state index in [1.54, 1.807) is 12.2 Å². The number of allylic oxidation sites excluding steroid dienone is 5. The molecular weight excluding hydrogens is 300 g/mol. The van der Waals surface area contributed by atoms with E-state index in [9.17, 15) is 0 Å². The monoisotopic (exact) mass is 334 g/mol. The third-order valence-electron chi connectivity index (χ3n) is 3.51. The normalized spacial score (nSPS) is 10.3. The summed E-state index contributed by atoms with van der Waals surface area (Å²) in [5.74, 6) is 6.02. The molecule has 0 N–H and O–H groups in total. The van der Waals surface area contributed by atoms with Gasteiger partial charge in [0.25, 0.3) is 0 Å². The second-order valence-corrected chi connectivity index (χ2v) is 6.28. The third-order valence-corrected chi connectivity index (χ3v) is 3.51. The summed E-state index contributed by atoms with van der Waals surface area (Å²) >= 11 is 0. The maximum atomic E-state index is 4.18. The van der Waals surface area contributed by atoms with Crippen LogP contribution in [0.4, 0.5) is 0 Å². The molecule has 0 heterocycles. The molecule has 0 radical (unpaired) electrons. The van der Waals surface area contributed by atoms with E-state index in [0.717, 1.165) is 6.42 Å². The molecule has 0 aliphatic carbocycles. The summed E-state index contributed by atoms with van der Waals surface area (Å²) in [7, 11) is 0. The van der Waals surface area contributed by atoms with Crippen LogP contribution in [0.2, 0.25) is 0 Å². The average Bonchev–Trinajstić information content (AvgIpc) is 2.61. The van der Waals surface area contributed by atoms with E-state index in [1.807, 2.05) is 13.0 Å². The molecule has 0 atom stereocenters. The molecule has 0 fully saturated rings. The quantitative estimate of drug-likeness (QED) is 0.354. The largest absolute Gasteiger partial charge is 0.0952 e.